The second-order valence-electron chi connectivity index (χ2n) is 5.54. The van der Waals surface area contributed by atoms with Crippen LogP contribution in [-0.4, -0.2) is 35.4 Å². The Morgan fingerprint density at radius 3 is 2.11 bits per heavy atom. The van der Waals surface area contributed by atoms with Crippen molar-refractivity contribution in [3.8, 4) is 0 Å². The van der Waals surface area contributed by atoms with Crippen LogP contribution in [0, 0.1) is 11.8 Å². The third-order valence-corrected chi connectivity index (χ3v) is 4.30. The van der Waals surface area contributed by atoms with Gasteiger partial charge in [-0.3, -0.25) is 4.79 Å². The first kappa shape index (κ1) is 14.9. The summed E-state index contributed by atoms with van der Waals surface area (Å²) in [5.74, 6) is -1.05. The molecule has 0 N–H and O–H groups in total. The monoisotopic (exact) mass is 297 g/mol. The molecule has 0 spiro atoms. The molecule has 0 unspecified atom stereocenters. The Labute approximate surface area is 116 Å². The summed E-state index contributed by atoms with van der Waals surface area (Å²) in [5.41, 5.74) is 0. The quantitative estimate of drug-likeness (QED) is 0.726. The highest BCUT2D eigenvalue weighted by Crippen LogP contribution is 2.40. The first-order valence-corrected chi connectivity index (χ1v) is 7.40. The van der Waals surface area contributed by atoms with Gasteiger partial charge < -0.3 is 4.90 Å². The summed E-state index contributed by atoms with van der Waals surface area (Å²) in [6.45, 7) is 0.518. The van der Waals surface area contributed by atoms with Crippen molar-refractivity contribution in [1.82, 2.24) is 4.90 Å². The van der Waals surface area contributed by atoms with Gasteiger partial charge >= 0.3 is 6.18 Å². The Morgan fingerprint density at radius 2 is 1.68 bits per heavy atom. The van der Waals surface area contributed by atoms with E-state index in [1.165, 1.54) is 0 Å². The molecule has 2 saturated carbocycles. The van der Waals surface area contributed by atoms with Crippen LogP contribution in [0.2, 0.25) is 0 Å². The van der Waals surface area contributed by atoms with Gasteiger partial charge in [0, 0.05) is 24.4 Å². The number of rotatable bonds is 4. The number of hydrogen-bond acceptors (Lipinski definition) is 1. The van der Waals surface area contributed by atoms with Crippen molar-refractivity contribution in [1.29, 1.82) is 0 Å². The van der Waals surface area contributed by atoms with Crippen molar-refractivity contribution in [2.45, 2.75) is 50.7 Å². The van der Waals surface area contributed by atoms with Crippen LogP contribution in [0.25, 0.3) is 0 Å². The highest BCUT2D eigenvalue weighted by Gasteiger charge is 2.44. The molecule has 0 aromatic heterocycles. The summed E-state index contributed by atoms with van der Waals surface area (Å²) >= 11 is 5.69. The second kappa shape index (κ2) is 5.90. The molecule has 1 amide bonds. The van der Waals surface area contributed by atoms with Gasteiger partial charge in [0.2, 0.25) is 5.91 Å². The second-order valence-corrected chi connectivity index (χ2v) is 5.92. The van der Waals surface area contributed by atoms with E-state index >= 15 is 0 Å². The number of halogens is 4. The van der Waals surface area contributed by atoms with Crippen LogP contribution in [0.3, 0.4) is 0 Å². The van der Waals surface area contributed by atoms with Crippen LogP contribution in [0.5, 0.6) is 0 Å². The molecule has 0 aromatic rings. The highest BCUT2D eigenvalue weighted by atomic mass is 35.5. The van der Waals surface area contributed by atoms with Crippen LogP contribution in [0.1, 0.15) is 38.5 Å². The average Bonchev–Trinajstić information content (AvgIpc) is 3.18. The van der Waals surface area contributed by atoms with Crippen molar-refractivity contribution >= 4 is 17.5 Å². The van der Waals surface area contributed by atoms with Crippen molar-refractivity contribution < 1.29 is 18.0 Å². The van der Waals surface area contributed by atoms with E-state index in [1.807, 2.05) is 0 Å². The van der Waals surface area contributed by atoms with Gasteiger partial charge in [-0.1, -0.05) is 0 Å². The predicted octanol–water partition coefficient (Wildman–Crippen LogP) is 3.58. The van der Waals surface area contributed by atoms with E-state index in [1.54, 1.807) is 4.90 Å². The Balaban J connectivity index is 1.87. The predicted molar refractivity (Wildman–Crippen MR) is 67.0 cm³/mol. The fourth-order valence-corrected chi connectivity index (χ4v) is 3.03. The maximum atomic E-state index is 12.6. The van der Waals surface area contributed by atoms with Crippen LogP contribution in [-0.2, 0) is 4.79 Å². The van der Waals surface area contributed by atoms with E-state index in [0.717, 1.165) is 12.8 Å². The highest BCUT2D eigenvalue weighted by molar-refractivity contribution is 6.18. The summed E-state index contributed by atoms with van der Waals surface area (Å²) in [7, 11) is 0. The molecule has 0 aliphatic heterocycles. The van der Waals surface area contributed by atoms with Gasteiger partial charge in [0.15, 0.2) is 0 Å². The zero-order valence-electron chi connectivity index (χ0n) is 10.8. The fraction of sp³-hybridized carbons (Fsp3) is 0.923. The molecule has 2 aliphatic rings. The molecule has 2 fully saturated rings. The summed E-state index contributed by atoms with van der Waals surface area (Å²) < 4.78 is 37.7. The smallest absolute Gasteiger partial charge is 0.338 e. The van der Waals surface area contributed by atoms with Gasteiger partial charge in [-0.15, -0.1) is 11.6 Å². The summed E-state index contributed by atoms with van der Waals surface area (Å²) in [4.78, 5) is 14.1. The maximum absolute atomic E-state index is 12.6. The van der Waals surface area contributed by atoms with E-state index in [9.17, 15) is 18.0 Å². The summed E-state index contributed by atoms with van der Waals surface area (Å²) in [5, 5.41) is 0. The van der Waals surface area contributed by atoms with Crippen LogP contribution >= 0.6 is 11.6 Å². The molecular weight excluding hydrogens is 279 g/mol. The molecule has 19 heavy (non-hydrogen) atoms. The summed E-state index contributed by atoms with van der Waals surface area (Å²) in [6.07, 6.45) is -1.23. The summed E-state index contributed by atoms with van der Waals surface area (Å²) in [6, 6.07) is 0.284. The van der Waals surface area contributed by atoms with Crippen LogP contribution in [0.15, 0.2) is 0 Å². The van der Waals surface area contributed by atoms with Gasteiger partial charge in [-0.05, 0) is 38.5 Å². The fourth-order valence-electron chi connectivity index (χ4n) is 2.85. The van der Waals surface area contributed by atoms with E-state index < -0.39 is 12.1 Å². The zero-order valence-corrected chi connectivity index (χ0v) is 11.5. The minimum atomic E-state index is -4.11. The topological polar surface area (TPSA) is 20.3 Å². The minimum absolute atomic E-state index is 0.0174. The zero-order chi connectivity index (χ0) is 14.0. The average molecular weight is 298 g/mol. The first-order chi connectivity index (χ1) is 8.93. The van der Waals surface area contributed by atoms with Gasteiger partial charge in [-0.2, -0.15) is 13.2 Å². The number of amides is 1. The Hall–Kier alpha value is -0.450. The molecular formula is C13H19ClF3NO. The molecule has 2 aliphatic carbocycles. The maximum Gasteiger partial charge on any atom is 0.391 e. The van der Waals surface area contributed by atoms with E-state index in [0.29, 0.717) is 25.3 Å². The Bertz CT molecular complexity index is 322. The van der Waals surface area contributed by atoms with Crippen molar-refractivity contribution in [2.75, 3.05) is 12.4 Å². The normalized spacial score (nSPS) is 28.2. The largest absolute Gasteiger partial charge is 0.391 e. The van der Waals surface area contributed by atoms with E-state index in [4.69, 9.17) is 11.6 Å². The lowest BCUT2D eigenvalue weighted by atomic mass is 9.81. The Morgan fingerprint density at radius 1 is 1.11 bits per heavy atom. The van der Waals surface area contributed by atoms with E-state index in [2.05, 4.69) is 0 Å². The number of nitrogens with zero attached hydrogens (tertiary/aromatic N) is 1. The Kier molecular flexibility index (Phi) is 4.64. The van der Waals surface area contributed by atoms with Crippen LogP contribution in [0.4, 0.5) is 13.2 Å². The molecule has 110 valence electrons. The molecule has 0 radical (unpaired) electrons. The van der Waals surface area contributed by atoms with Crippen molar-refractivity contribution in [2.24, 2.45) is 11.8 Å². The standard InChI is InChI=1S/C13H19ClF3NO/c14-7-8-18(11-5-6-11)12(19)9-1-3-10(4-2-9)13(15,16)17/h9-11H,1-8H2. The van der Waals surface area contributed by atoms with Crippen LogP contribution < -0.4 is 0 Å². The molecule has 0 aromatic carbocycles. The number of carbonyl (C=O) groups is 1. The number of alkyl halides is 4. The number of hydrogen-bond donors (Lipinski definition) is 0. The lowest BCUT2D eigenvalue weighted by Gasteiger charge is -2.32. The van der Waals surface area contributed by atoms with Gasteiger partial charge in [-0.25, -0.2) is 0 Å². The first-order valence-electron chi connectivity index (χ1n) is 6.86. The molecule has 6 heteroatoms. The third-order valence-electron chi connectivity index (χ3n) is 4.14. The lowest BCUT2D eigenvalue weighted by molar-refractivity contribution is -0.185. The van der Waals surface area contributed by atoms with E-state index in [-0.39, 0.29) is 30.7 Å². The van der Waals surface area contributed by atoms with Crippen molar-refractivity contribution in [3.63, 3.8) is 0 Å². The molecule has 2 rings (SSSR count). The van der Waals surface area contributed by atoms with Crippen molar-refractivity contribution in [3.05, 3.63) is 0 Å². The van der Waals surface area contributed by atoms with Gasteiger partial charge in [0.1, 0.15) is 0 Å². The third kappa shape index (κ3) is 3.77. The minimum Gasteiger partial charge on any atom is -0.338 e. The number of carbonyl (C=O) groups excluding carboxylic acids is 1. The molecule has 2 nitrogen and oxygen atoms in total. The lowest BCUT2D eigenvalue weighted by Crippen LogP contribution is -2.41. The molecule has 0 atom stereocenters. The van der Waals surface area contributed by atoms with Gasteiger partial charge in [0.05, 0.1) is 5.92 Å². The SMILES string of the molecule is O=C(C1CCC(C(F)(F)F)CC1)N(CCCl)C1CC1. The molecule has 0 saturated heterocycles. The molecule has 0 heterocycles. The molecule has 0 bridgehead atoms. The van der Waals surface area contributed by atoms with Gasteiger partial charge in [0.25, 0.3) is 0 Å².